The van der Waals surface area contributed by atoms with Crippen molar-refractivity contribution in [2.24, 2.45) is 5.73 Å². The summed E-state index contributed by atoms with van der Waals surface area (Å²) in [6.07, 6.45) is -1.07. The Morgan fingerprint density at radius 2 is 2.21 bits per heavy atom. The molecule has 0 radical (unpaired) electrons. The van der Waals surface area contributed by atoms with E-state index in [9.17, 15) is 4.79 Å². The van der Waals surface area contributed by atoms with Gasteiger partial charge >= 0.3 is 6.09 Å². The Morgan fingerprint density at radius 1 is 1.57 bits per heavy atom. The zero-order valence-corrected chi connectivity index (χ0v) is 9.67. The van der Waals surface area contributed by atoms with E-state index in [2.05, 4.69) is 15.9 Å². The van der Waals surface area contributed by atoms with Crippen LogP contribution in [0.4, 0.5) is 4.79 Å². The van der Waals surface area contributed by atoms with Crippen LogP contribution in [0.3, 0.4) is 0 Å². The molecule has 0 bridgehead atoms. The van der Waals surface area contributed by atoms with Crippen molar-refractivity contribution in [1.29, 1.82) is 0 Å². The number of hydrogen-bond acceptors (Lipinski definition) is 2. The van der Waals surface area contributed by atoms with Crippen molar-refractivity contribution in [3.63, 3.8) is 0 Å². The van der Waals surface area contributed by atoms with Gasteiger partial charge < -0.3 is 10.5 Å². The lowest BCUT2D eigenvalue weighted by Gasteiger charge is -2.14. The van der Waals surface area contributed by atoms with Gasteiger partial charge in [0.15, 0.2) is 0 Å². The standard InChI is InChI=1S/C10H12BrNO2/c1-6-8(4-3-5-9(6)11)7(2)14-10(12)13/h3-5,7H,1-2H3,(H2,12,13). The van der Waals surface area contributed by atoms with Crippen LogP contribution in [0.25, 0.3) is 0 Å². The zero-order chi connectivity index (χ0) is 10.7. The normalized spacial score (nSPS) is 12.2. The first-order valence-electron chi connectivity index (χ1n) is 4.23. The molecule has 0 aliphatic rings. The Bertz CT molecular complexity index is 352. The van der Waals surface area contributed by atoms with Gasteiger partial charge in [-0.3, -0.25) is 0 Å². The molecule has 0 fully saturated rings. The van der Waals surface area contributed by atoms with E-state index in [4.69, 9.17) is 10.5 Å². The van der Waals surface area contributed by atoms with Gasteiger partial charge in [0.25, 0.3) is 0 Å². The Labute approximate surface area is 91.4 Å². The maximum absolute atomic E-state index is 10.6. The van der Waals surface area contributed by atoms with Crippen molar-refractivity contribution >= 4 is 22.0 Å². The number of halogens is 1. The lowest BCUT2D eigenvalue weighted by Crippen LogP contribution is -2.16. The van der Waals surface area contributed by atoms with Crippen LogP contribution in [0, 0.1) is 6.92 Å². The Morgan fingerprint density at radius 3 is 2.79 bits per heavy atom. The molecule has 1 atom stereocenters. The van der Waals surface area contributed by atoms with E-state index in [-0.39, 0.29) is 6.10 Å². The average molecular weight is 258 g/mol. The van der Waals surface area contributed by atoms with Crippen molar-refractivity contribution in [3.05, 3.63) is 33.8 Å². The zero-order valence-electron chi connectivity index (χ0n) is 8.08. The summed E-state index contributed by atoms with van der Waals surface area (Å²) >= 11 is 3.41. The molecule has 0 aliphatic heterocycles. The van der Waals surface area contributed by atoms with E-state index in [0.717, 1.165) is 15.6 Å². The Kier molecular flexibility index (Phi) is 3.52. The summed E-state index contributed by atoms with van der Waals surface area (Å²) in [5.74, 6) is 0. The maximum Gasteiger partial charge on any atom is 0.405 e. The number of ether oxygens (including phenoxy) is 1. The fourth-order valence-electron chi connectivity index (χ4n) is 1.30. The molecule has 3 nitrogen and oxygen atoms in total. The SMILES string of the molecule is Cc1c(Br)cccc1C(C)OC(N)=O. The van der Waals surface area contributed by atoms with Crippen LogP contribution in [-0.2, 0) is 4.74 Å². The summed E-state index contributed by atoms with van der Waals surface area (Å²) < 4.78 is 5.89. The minimum atomic E-state index is -0.753. The summed E-state index contributed by atoms with van der Waals surface area (Å²) in [5, 5.41) is 0. The van der Waals surface area contributed by atoms with Gasteiger partial charge in [0.05, 0.1) is 0 Å². The lowest BCUT2D eigenvalue weighted by atomic mass is 10.0. The summed E-state index contributed by atoms with van der Waals surface area (Å²) in [6, 6.07) is 5.75. The van der Waals surface area contributed by atoms with Crippen molar-refractivity contribution in [2.75, 3.05) is 0 Å². The van der Waals surface area contributed by atoms with E-state index < -0.39 is 6.09 Å². The number of rotatable bonds is 2. The molecule has 1 amide bonds. The topological polar surface area (TPSA) is 52.3 Å². The first kappa shape index (κ1) is 11.0. The number of hydrogen-bond donors (Lipinski definition) is 1. The second kappa shape index (κ2) is 4.46. The predicted octanol–water partition coefficient (Wildman–Crippen LogP) is 2.91. The van der Waals surface area contributed by atoms with Crippen molar-refractivity contribution in [1.82, 2.24) is 0 Å². The van der Waals surface area contributed by atoms with Gasteiger partial charge in [0.2, 0.25) is 0 Å². The van der Waals surface area contributed by atoms with Crippen molar-refractivity contribution < 1.29 is 9.53 Å². The number of carbonyl (C=O) groups excluding carboxylic acids is 1. The molecular formula is C10H12BrNO2. The van der Waals surface area contributed by atoms with E-state index >= 15 is 0 Å². The number of benzene rings is 1. The molecule has 0 saturated heterocycles. The molecule has 1 aromatic carbocycles. The molecule has 0 spiro atoms. The molecule has 0 aliphatic carbocycles. The molecule has 0 heterocycles. The van der Waals surface area contributed by atoms with E-state index in [0.29, 0.717) is 0 Å². The summed E-state index contributed by atoms with van der Waals surface area (Å²) in [7, 11) is 0. The fourth-order valence-corrected chi connectivity index (χ4v) is 1.68. The van der Waals surface area contributed by atoms with Gasteiger partial charge in [-0.2, -0.15) is 0 Å². The second-order valence-electron chi connectivity index (χ2n) is 3.03. The molecule has 14 heavy (non-hydrogen) atoms. The van der Waals surface area contributed by atoms with Crippen LogP contribution in [0.5, 0.6) is 0 Å². The predicted molar refractivity (Wildman–Crippen MR) is 58.0 cm³/mol. The second-order valence-corrected chi connectivity index (χ2v) is 3.89. The highest BCUT2D eigenvalue weighted by Crippen LogP contribution is 2.26. The van der Waals surface area contributed by atoms with Crippen LogP contribution >= 0.6 is 15.9 Å². The highest BCUT2D eigenvalue weighted by atomic mass is 79.9. The first-order chi connectivity index (χ1) is 6.52. The quantitative estimate of drug-likeness (QED) is 0.886. The third-order valence-corrected chi connectivity index (χ3v) is 2.90. The number of amides is 1. The van der Waals surface area contributed by atoms with Crippen molar-refractivity contribution in [2.45, 2.75) is 20.0 Å². The smallest absolute Gasteiger partial charge is 0.405 e. The van der Waals surface area contributed by atoms with Crippen molar-refractivity contribution in [3.8, 4) is 0 Å². The minimum absolute atomic E-state index is 0.315. The summed E-state index contributed by atoms with van der Waals surface area (Å²) in [4.78, 5) is 10.6. The summed E-state index contributed by atoms with van der Waals surface area (Å²) in [5.41, 5.74) is 6.96. The highest BCUT2D eigenvalue weighted by Gasteiger charge is 2.12. The molecule has 0 aromatic heterocycles. The monoisotopic (exact) mass is 257 g/mol. The molecule has 2 N–H and O–H groups in total. The number of carbonyl (C=O) groups is 1. The minimum Gasteiger partial charge on any atom is -0.442 e. The third-order valence-electron chi connectivity index (χ3n) is 2.04. The number of nitrogens with two attached hydrogens (primary N) is 1. The van der Waals surface area contributed by atoms with E-state index in [1.54, 1.807) is 6.92 Å². The molecular weight excluding hydrogens is 246 g/mol. The molecule has 76 valence electrons. The molecule has 1 aromatic rings. The molecule has 1 unspecified atom stereocenters. The van der Waals surface area contributed by atoms with Gasteiger partial charge in [0, 0.05) is 4.47 Å². The van der Waals surface area contributed by atoms with E-state index in [1.807, 2.05) is 25.1 Å². The Balaban J connectivity index is 2.95. The first-order valence-corrected chi connectivity index (χ1v) is 5.02. The van der Waals surface area contributed by atoms with Gasteiger partial charge in [-0.1, -0.05) is 28.1 Å². The van der Waals surface area contributed by atoms with Gasteiger partial charge in [-0.05, 0) is 31.0 Å². The summed E-state index contributed by atoms with van der Waals surface area (Å²) in [6.45, 7) is 3.75. The molecule has 1 rings (SSSR count). The van der Waals surface area contributed by atoms with E-state index in [1.165, 1.54) is 0 Å². The van der Waals surface area contributed by atoms with Crippen LogP contribution in [-0.4, -0.2) is 6.09 Å². The maximum atomic E-state index is 10.6. The largest absolute Gasteiger partial charge is 0.442 e. The third kappa shape index (κ3) is 2.48. The number of primary amides is 1. The van der Waals surface area contributed by atoms with Crippen LogP contribution in [0.15, 0.2) is 22.7 Å². The van der Waals surface area contributed by atoms with Crippen LogP contribution in [0.1, 0.15) is 24.2 Å². The average Bonchev–Trinajstić information content (AvgIpc) is 2.08. The molecule has 0 saturated carbocycles. The van der Waals surface area contributed by atoms with Crippen LogP contribution < -0.4 is 5.73 Å². The van der Waals surface area contributed by atoms with Gasteiger partial charge in [-0.15, -0.1) is 0 Å². The van der Waals surface area contributed by atoms with Gasteiger partial charge in [-0.25, -0.2) is 4.79 Å². The van der Waals surface area contributed by atoms with Gasteiger partial charge in [0.1, 0.15) is 6.10 Å². The van der Waals surface area contributed by atoms with Crippen LogP contribution in [0.2, 0.25) is 0 Å². The molecule has 4 heteroatoms. The fraction of sp³-hybridized carbons (Fsp3) is 0.300. The highest BCUT2D eigenvalue weighted by molar-refractivity contribution is 9.10. The Hall–Kier alpha value is -1.03. The lowest BCUT2D eigenvalue weighted by molar-refractivity contribution is 0.116.